The first kappa shape index (κ1) is 14.2. The van der Waals surface area contributed by atoms with Gasteiger partial charge >= 0.3 is 0 Å². The lowest BCUT2D eigenvalue weighted by atomic mass is 10.1. The van der Waals surface area contributed by atoms with Gasteiger partial charge in [-0.15, -0.1) is 0 Å². The molecule has 1 fully saturated rings. The minimum Gasteiger partial charge on any atom is -0.301 e. The minimum absolute atomic E-state index is 0.0731. The number of halogens is 1. The number of ketones is 1. The Hall–Kier alpha value is -1.26. The van der Waals surface area contributed by atoms with E-state index in [1.54, 1.807) is 12.1 Å². The maximum absolute atomic E-state index is 12.8. The number of rotatable bonds is 5. The summed E-state index contributed by atoms with van der Waals surface area (Å²) in [4.78, 5) is 16.7. The summed E-state index contributed by atoms with van der Waals surface area (Å²) in [5.41, 5.74) is 0.595. The van der Waals surface area contributed by atoms with Crippen molar-refractivity contribution in [2.24, 2.45) is 0 Å². The zero-order valence-corrected chi connectivity index (χ0v) is 11.4. The molecule has 0 radical (unpaired) electrons. The highest BCUT2D eigenvalue weighted by atomic mass is 19.1. The van der Waals surface area contributed by atoms with Crippen molar-refractivity contribution in [2.45, 2.75) is 13.3 Å². The van der Waals surface area contributed by atoms with Gasteiger partial charge < -0.3 is 4.90 Å². The fraction of sp³-hybridized carbons (Fsp3) is 0.533. The molecule has 2 rings (SSSR count). The number of hydrogen-bond acceptors (Lipinski definition) is 3. The molecule has 1 heterocycles. The summed E-state index contributed by atoms with van der Waals surface area (Å²) >= 11 is 0. The lowest BCUT2D eigenvalue weighted by Crippen LogP contribution is -2.47. The van der Waals surface area contributed by atoms with Gasteiger partial charge in [0.05, 0.1) is 6.54 Å². The van der Waals surface area contributed by atoms with Crippen molar-refractivity contribution in [3.05, 3.63) is 35.6 Å². The summed E-state index contributed by atoms with van der Waals surface area (Å²) in [5.74, 6) is -0.228. The molecule has 0 amide bonds. The molecular formula is C15H21FN2O. The van der Waals surface area contributed by atoms with E-state index in [4.69, 9.17) is 0 Å². The summed E-state index contributed by atoms with van der Waals surface area (Å²) in [6, 6.07) is 5.80. The molecule has 0 atom stereocenters. The molecule has 0 spiro atoms. The number of hydrogen-bond donors (Lipinski definition) is 0. The summed E-state index contributed by atoms with van der Waals surface area (Å²) < 4.78 is 12.8. The Kier molecular flexibility index (Phi) is 5.05. The van der Waals surface area contributed by atoms with E-state index in [0.29, 0.717) is 12.1 Å². The molecule has 0 saturated carbocycles. The zero-order chi connectivity index (χ0) is 13.7. The van der Waals surface area contributed by atoms with Crippen LogP contribution in [-0.2, 0) is 0 Å². The summed E-state index contributed by atoms with van der Waals surface area (Å²) in [6.07, 6.45) is 1.18. The van der Waals surface area contributed by atoms with Crippen LogP contribution in [0.15, 0.2) is 24.3 Å². The van der Waals surface area contributed by atoms with Crippen molar-refractivity contribution in [1.29, 1.82) is 0 Å². The molecule has 0 N–H and O–H groups in total. The van der Waals surface area contributed by atoms with E-state index in [-0.39, 0.29) is 11.6 Å². The first-order chi connectivity index (χ1) is 9.19. The van der Waals surface area contributed by atoms with Gasteiger partial charge in [0, 0.05) is 31.7 Å². The number of nitrogens with zero attached hydrogens (tertiary/aromatic N) is 2. The number of Topliss-reactive ketones (excluding diaryl/α,β-unsaturated/α-hetero) is 1. The molecule has 4 heteroatoms. The van der Waals surface area contributed by atoms with E-state index in [0.717, 1.165) is 32.7 Å². The van der Waals surface area contributed by atoms with E-state index < -0.39 is 0 Å². The molecule has 1 aliphatic rings. The van der Waals surface area contributed by atoms with Crippen LogP contribution in [-0.4, -0.2) is 54.9 Å². The molecule has 104 valence electrons. The van der Waals surface area contributed by atoms with Gasteiger partial charge in [-0.25, -0.2) is 4.39 Å². The van der Waals surface area contributed by atoms with Gasteiger partial charge in [0.1, 0.15) is 5.82 Å². The predicted octanol–water partition coefficient (Wildman–Crippen LogP) is 2.04. The zero-order valence-electron chi connectivity index (χ0n) is 11.4. The second kappa shape index (κ2) is 6.78. The fourth-order valence-corrected chi connectivity index (χ4v) is 2.42. The normalized spacial score (nSPS) is 17.6. The Morgan fingerprint density at radius 2 is 1.68 bits per heavy atom. The number of carbonyl (C=O) groups excluding carboxylic acids is 1. The van der Waals surface area contributed by atoms with Crippen LogP contribution < -0.4 is 0 Å². The van der Waals surface area contributed by atoms with Crippen LogP contribution in [0.1, 0.15) is 23.7 Å². The third-order valence-electron chi connectivity index (χ3n) is 3.54. The average Bonchev–Trinajstić information content (AvgIpc) is 2.42. The number of piperazine rings is 1. The van der Waals surface area contributed by atoms with Gasteiger partial charge in [-0.3, -0.25) is 9.69 Å². The first-order valence-electron chi connectivity index (χ1n) is 6.92. The largest absolute Gasteiger partial charge is 0.301 e. The van der Waals surface area contributed by atoms with Gasteiger partial charge in [0.2, 0.25) is 0 Å². The standard InChI is InChI=1S/C15H21FN2O/c1-2-7-17-8-10-18(11-9-17)12-15(19)13-3-5-14(16)6-4-13/h3-6H,2,7-12H2,1H3. The highest BCUT2D eigenvalue weighted by molar-refractivity contribution is 5.97. The van der Waals surface area contributed by atoms with E-state index in [2.05, 4.69) is 16.7 Å². The maximum Gasteiger partial charge on any atom is 0.176 e. The Morgan fingerprint density at radius 1 is 1.11 bits per heavy atom. The Balaban J connectivity index is 1.82. The third kappa shape index (κ3) is 4.11. The lowest BCUT2D eigenvalue weighted by Gasteiger charge is -2.34. The number of carbonyl (C=O) groups is 1. The van der Waals surface area contributed by atoms with E-state index >= 15 is 0 Å². The molecule has 1 aromatic rings. The smallest absolute Gasteiger partial charge is 0.176 e. The van der Waals surface area contributed by atoms with E-state index in [1.165, 1.54) is 18.6 Å². The van der Waals surface area contributed by atoms with E-state index in [1.807, 2.05) is 0 Å². The minimum atomic E-state index is -0.301. The van der Waals surface area contributed by atoms with Gasteiger partial charge in [-0.1, -0.05) is 6.92 Å². The van der Waals surface area contributed by atoms with Crippen molar-refractivity contribution in [3.63, 3.8) is 0 Å². The van der Waals surface area contributed by atoms with Crippen LogP contribution in [0.25, 0.3) is 0 Å². The molecule has 0 unspecified atom stereocenters. The van der Waals surface area contributed by atoms with Crippen molar-refractivity contribution >= 4 is 5.78 Å². The summed E-state index contributed by atoms with van der Waals surface area (Å²) in [6.45, 7) is 7.70. The fourth-order valence-electron chi connectivity index (χ4n) is 2.42. The second-order valence-corrected chi connectivity index (χ2v) is 5.05. The SMILES string of the molecule is CCCN1CCN(CC(=O)c2ccc(F)cc2)CC1. The van der Waals surface area contributed by atoms with Crippen LogP contribution in [0.2, 0.25) is 0 Å². The van der Waals surface area contributed by atoms with Gasteiger partial charge in [-0.05, 0) is 37.2 Å². The van der Waals surface area contributed by atoms with Crippen LogP contribution in [0.4, 0.5) is 4.39 Å². The quantitative estimate of drug-likeness (QED) is 0.760. The molecule has 19 heavy (non-hydrogen) atoms. The monoisotopic (exact) mass is 264 g/mol. The third-order valence-corrected chi connectivity index (χ3v) is 3.54. The van der Waals surface area contributed by atoms with Crippen LogP contribution in [0.5, 0.6) is 0 Å². The molecule has 1 aromatic carbocycles. The topological polar surface area (TPSA) is 23.6 Å². The van der Waals surface area contributed by atoms with Crippen molar-refractivity contribution in [3.8, 4) is 0 Å². The summed E-state index contributed by atoms with van der Waals surface area (Å²) in [5, 5.41) is 0. The van der Waals surface area contributed by atoms with Crippen LogP contribution in [0.3, 0.4) is 0 Å². The molecule has 3 nitrogen and oxygen atoms in total. The second-order valence-electron chi connectivity index (χ2n) is 5.05. The predicted molar refractivity (Wildman–Crippen MR) is 73.9 cm³/mol. The Morgan fingerprint density at radius 3 is 2.26 bits per heavy atom. The first-order valence-corrected chi connectivity index (χ1v) is 6.92. The van der Waals surface area contributed by atoms with Crippen molar-refractivity contribution in [1.82, 2.24) is 9.80 Å². The molecule has 0 aromatic heterocycles. The average molecular weight is 264 g/mol. The number of benzene rings is 1. The highest BCUT2D eigenvalue weighted by Crippen LogP contribution is 2.07. The molecule has 1 saturated heterocycles. The van der Waals surface area contributed by atoms with Gasteiger partial charge in [0.15, 0.2) is 5.78 Å². The maximum atomic E-state index is 12.8. The lowest BCUT2D eigenvalue weighted by molar-refractivity contribution is 0.0853. The van der Waals surface area contributed by atoms with Gasteiger partial charge in [0.25, 0.3) is 0 Å². The van der Waals surface area contributed by atoms with E-state index in [9.17, 15) is 9.18 Å². The van der Waals surface area contributed by atoms with Crippen molar-refractivity contribution < 1.29 is 9.18 Å². The highest BCUT2D eigenvalue weighted by Gasteiger charge is 2.18. The molecule has 0 aliphatic carbocycles. The van der Waals surface area contributed by atoms with Crippen molar-refractivity contribution in [2.75, 3.05) is 39.3 Å². The Labute approximate surface area is 114 Å². The van der Waals surface area contributed by atoms with Crippen LogP contribution >= 0.6 is 0 Å². The summed E-state index contributed by atoms with van der Waals surface area (Å²) in [7, 11) is 0. The molecular weight excluding hydrogens is 243 g/mol. The molecule has 0 bridgehead atoms. The van der Waals surface area contributed by atoms with Gasteiger partial charge in [-0.2, -0.15) is 0 Å². The Bertz CT molecular complexity index is 411. The molecule has 1 aliphatic heterocycles. The van der Waals surface area contributed by atoms with Crippen LogP contribution in [0, 0.1) is 5.82 Å².